The van der Waals surface area contributed by atoms with Crippen molar-refractivity contribution in [3.8, 4) is 17.2 Å². The first kappa shape index (κ1) is 14.4. The van der Waals surface area contributed by atoms with Crippen LogP contribution in [-0.2, 0) is 13.7 Å². The van der Waals surface area contributed by atoms with Gasteiger partial charge < -0.3 is 19.1 Å². The number of hydrogen-bond acceptors (Lipinski definition) is 4. The lowest BCUT2D eigenvalue weighted by Gasteiger charge is -2.09. The summed E-state index contributed by atoms with van der Waals surface area (Å²) in [6.45, 7) is 1.90. The highest BCUT2D eigenvalue weighted by Crippen LogP contribution is 2.29. The van der Waals surface area contributed by atoms with Gasteiger partial charge in [-0.1, -0.05) is 6.07 Å². The molecule has 3 rings (SSSR count). The van der Waals surface area contributed by atoms with E-state index < -0.39 is 0 Å². The van der Waals surface area contributed by atoms with Gasteiger partial charge in [0.25, 0.3) is 0 Å². The molecular weight excluding hydrogens is 280 g/mol. The monoisotopic (exact) mass is 298 g/mol. The van der Waals surface area contributed by atoms with E-state index in [2.05, 4.69) is 4.98 Å². The predicted molar refractivity (Wildman–Crippen MR) is 84.4 cm³/mol. The largest absolute Gasteiger partial charge is 0.496 e. The molecule has 0 spiro atoms. The molecule has 0 saturated heterocycles. The fourth-order valence-electron chi connectivity index (χ4n) is 2.42. The molecule has 0 aliphatic carbocycles. The summed E-state index contributed by atoms with van der Waals surface area (Å²) in [5.74, 6) is 2.85. The second-order valence-electron chi connectivity index (χ2n) is 5.13. The molecule has 0 aliphatic heterocycles. The maximum absolute atomic E-state index is 9.28. The van der Waals surface area contributed by atoms with Gasteiger partial charge in [-0.05, 0) is 30.7 Å². The van der Waals surface area contributed by atoms with E-state index in [1.54, 1.807) is 7.11 Å². The molecule has 114 valence electrons. The van der Waals surface area contributed by atoms with E-state index in [1.807, 2.05) is 54.9 Å². The highest BCUT2D eigenvalue weighted by Gasteiger charge is 2.09. The van der Waals surface area contributed by atoms with Crippen molar-refractivity contribution in [1.82, 2.24) is 9.55 Å². The van der Waals surface area contributed by atoms with Gasteiger partial charge in [-0.2, -0.15) is 0 Å². The molecule has 1 heterocycles. The SMILES string of the molecule is COc1cc(Oc2ccc3nc(CO)n(C)c3c2)ccc1C. The van der Waals surface area contributed by atoms with Crippen molar-refractivity contribution in [1.29, 1.82) is 0 Å². The third-order valence-corrected chi connectivity index (χ3v) is 3.70. The lowest BCUT2D eigenvalue weighted by atomic mass is 10.2. The number of aromatic nitrogens is 2. The van der Waals surface area contributed by atoms with Crippen LogP contribution in [0.25, 0.3) is 11.0 Å². The first-order valence-electron chi connectivity index (χ1n) is 7.01. The molecule has 1 aromatic heterocycles. The van der Waals surface area contributed by atoms with E-state index in [0.29, 0.717) is 17.3 Å². The van der Waals surface area contributed by atoms with Crippen LogP contribution in [0.2, 0.25) is 0 Å². The fraction of sp³-hybridized carbons (Fsp3) is 0.235. The van der Waals surface area contributed by atoms with Crippen molar-refractivity contribution in [2.45, 2.75) is 13.5 Å². The van der Waals surface area contributed by atoms with Crippen molar-refractivity contribution in [2.75, 3.05) is 7.11 Å². The number of methoxy groups -OCH3 is 1. The first-order valence-corrected chi connectivity index (χ1v) is 7.01. The van der Waals surface area contributed by atoms with Crippen molar-refractivity contribution >= 4 is 11.0 Å². The van der Waals surface area contributed by atoms with Gasteiger partial charge in [0.15, 0.2) is 0 Å². The zero-order valence-corrected chi connectivity index (χ0v) is 12.8. The van der Waals surface area contributed by atoms with Crippen LogP contribution in [-0.4, -0.2) is 21.8 Å². The highest BCUT2D eigenvalue weighted by molar-refractivity contribution is 5.77. The molecule has 5 nitrogen and oxygen atoms in total. The topological polar surface area (TPSA) is 56.5 Å². The maximum atomic E-state index is 9.28. The standard InChI is InChI=1S/C17H18N2O3/c1-11-4-5-13(9-16(11)21-3)22-12-6-7-14-15(8-12)19(2)17(10-20)18-14/h4-9,20H,10H2,1-3H3. The minimum Gasteiger partial charge on any atom is -0.496 e. The number of ether oxygens (including phenoxy) is 2. The fourth-order valence-corrected chi connectivity index (χ4v) is 2.42. The average Bonchev–Trinajstić information content (AvgIpc) is 2.85. The Morgan fingerprint density at radius 3 is 2.59 bits per heavy atom. The summed E-state index contributed by atoms with van der Waals surface area (Å²) >= 11 is 0. The number of nitrogens with zero attached hydrogens (tertiary/aromatic N) is 2. The molecule has 0 amide bonds. The molecule has 0 bridgehead atoms. The van der Waals surface area contributed by atoms with Crippen LogP contribution in [0, 0.1) is 6.92 Å². The Morgan fingerprint density at radius 2 is 1.86 bits per heavy atom. The Morgan fingerprint density at radius 1 is 1.14 bits per heavy atom. The Balaban J connectivity index is 1.95. The molecule has 22 heavy (non-hydrogen) atoms. The van der Waals surface area contributed by atoms with Gasteiger partial charge in [0, 0.05) is 19.2 Å². The maximum Gasteiger partial charge on any atom is 0.135 e. The molecule has 0 aliphatic rings. The average molecular weight is 298 g/mol. The number of aliphatic hydroxyl groups is 1. The number of fused-ring (bicyclic) bond motifs is 1. The third-order valence-electron chi connectivity index (χ3n) is 3.70. The number of rotatable bonds is 4. The van der Waals surface area contributed by atoms with E-state index in [4.69, 9.17) is 9.47 Å². The second kappa shape index (κ2) is 5.69. The van der Waals surface area contributed by atoms with Gasteiger partial charge in [0.05, 0.1) is 18.1 Å². The molecule has 0 saturated carbocycles. The van der Waals surface area contributed by atoms with Crippen molar-refractivity contribution in [3.63, 3.8) is 0 Å². The van der Waals surface area contributed by atoms with Crippen LogP contribution >= 0.6 is 0 Å². The highest BCUT2D eigenvalue weighted by atomic mass is 16.5. The van der Waals surface area contributed by atoms with Crippen molar-refractivity contribution < 1.29 is 14.6 Å². The molecule has 0 fully saturated rings. The van der Waals surface area contributed by atoms with Gasteiger partial charge in [-0.15, -0.1) is 0 Å². The van der Waals surface area contributed by atoms with Crippen LogP contribution in [0.4, 0.5) is 0 Å². The third kappa shape index (κ3) is 2.51. The van der Waals surface area contributed by atoms with Crippen molar-refractivity contribution in [3.05, 3.63) is 47.8 Å². The lowest BCUT2D eigenvalue weighted by Crippen LogP contribution is -1.96. The smallest absolute Gasteiger partial charge is 0.135 e. The van der Waals surface area contributed by atoms with Gasteiger partial charge in [0.2, 0.25) is 0 Å². The first-order chi connectivity index (χ1) is 10.6. The van der Waals surface area contributed by atoms with E-state index in [9.17, 15) is 5.11 Å². The zero-order chi connectivity index (χ0) is 15.7. The molecule has 2 aromatic carbocycles. The minimum atomic E-state index is -0.0868. The molecular formula is C17H18N2O3. The molecule has 5 heteroatoms. The van der Waals surface area contributed by atoms with Gasteiger partial charge in [-0.25, -0.2) is 4.98 Å². The van der Waals surface area contributed by atoms with Crippen LogP contribution in [0.1, 0.15) is 11.4 Å². The Bertz CT molecular complexity index is 824. The van der Waals surface area contributed by atoms with Crippen LogP contribution in [0.15, 0.2) is 36.4 Å². The van der Waals surface area contributed by atoms with Gasteiger partial charge >= 0.3 is 0 Å². The summed E-state index contributed by atoms with van der Waals surface area (Å²) in [5, 5.41) is 9.28. The summed E-state index contributed by atoms with van der Waals surface area (Å²) in [4.78, 5) is 4.36. The Labute approximate surface area is 128 Å². The minimum absolute atomic E-state index is 0.0868. The zero-order valence-electron chi connectivity index (χ0n) is 12.8. The van der Waals surface area contributed by atoms with Gasteiger partial charge in [0.1, 0.15) is 29.7 Å². The molecule has 0 radical (unpaired) electrons. The number of hydrogen-bond donors (Lipinski definition) is 1. The summed E-state index contributed by atoms with van der Waals surface area (Å²) < 4.78 is 13.1. The van der Waals surface area contributed by atoms with Crippen molar-refractivity contribution in [2.24, 2.45) is 7.05 Å². The molecule has 0 unspecified atom stereocenters. The number of imidazole rings is 1. The summed E-state index contributed by atoms with van der Waals surface area (Å²) in [5.41, 5.74) is 2.81. The normalized spacial score (nSPS) is 10.9. The van der Waals surface area contributed by atoms with Gasteiger partial charge in [-0.3, -0.25) is 0 Å². The second-order valence-corrected chi connectivity index (χ2v) is 5.13. The molecule has 0 atom stereocenters. The summed E-state index contributed by atoms with van der Waals surface area (Å²) in [6.07, 6.45) is 0. The lowest BCUT2D eigenvalue weighted by molar-refractivity contribution is 0.268. The predicted octanol–water partition coefficient (Wildman–Crippen LogP) is 3.17. The number of aryl methyl sites for hydroxylation is 2. The Hall–Kier alpha value is -2.53. The van der Waals surface area contributed by atoms with E-state index in [0.717, 1.165) is 22.3 Å². The molecule has 3 aromatic rings. The van der Waals surface area contributed by atoms with E-state index in [-0.39, 0.29) is 6.61 Å². The Kier molecular flexibility index (Phi) is 3.73. The van der Waals surface area contributed by atoms with E-state index in [1.165, 1.54) is 0 Å². The van der Waals surface area contributed by atoms with Crippen LogP contribution < -0.4 is 9.47 Å². The van der Waals surface area contributed by atoms with E-state index >= 15 is 0 Å². The molecule has 1 N–H and O–H groups in total. The number of aliphatic hydroxyl groups excluding tert-OH is 1. The number of benzene rings is 2. The quantitative estimate of drug-likeness (QED) is 0.803. The van der Waals surface area contributed by atoms with Crippen LogP contribution in [0.5, 0.6) is 17.2 Å². The van der Waals surface area contributed by atoms with Crippen LogP contribution in [0.3, 0.4) is 0 Å². The summed E-state index contributed by atoms with van der Waals surface area (Å²) in [7, 11) is 3.52. The summed E-state index contributed by atoms with van der Waals surface area (Å²) in [6, 6.07) is 11.4.